The molecule has 0 bridgehead atoms. The molecule has 4 nitrogen and oxygen atoms in total. The van der Waals surface area contributed by atoms with E-state index in [1.807, 2.05) is 0 Å². The molecule has 0 unspecified atom stereocenters. The van der Waals surface area contributed by atoms with E-state index in [4.69, 9.17) is 10.8 Å². The van der Waals surface area contributed by atoms with Gasteiger partial charge in [-0.25, -0.2) is 0 Å². The zero-order valence-corrected chi connectivity index (χ0v) is 7.55. The van der Waals surface area contributed by atoms with Gasteiger partial charge in [0.05, 0.1) is 0 Å². The smallest absolute Gasteiger partial charge is 0.217 e. The molecule has 0 saturated heterocycles. The van der Waals surface area contributed by atoms with Gasteiger partial charge in [-0.1, -0.05) is 6.42 Å². The molecule has 12 heavy (non-hydrogen) atoms. The number of hydrogen-bond donors (Lipinski definition) is 3. The molecule has 0 aliphatic heterocycles. The van der Waals surface area contributed by atoms with Gasteiger partial charge in [-0.3, -0.25) is 10.1 Å². The zero-order valence-electron chi connectivity index (χ0n) is 7.55. The number of hydrogen-bond acceptors (Lipinski definition) is 3. The number of amides is 1. The molecule has 4 N–H and O–H groups in total. The van der Waals surface area contributed by atoms with Crippen molar-refractivity contribution < 1.29 is 9.90 Å². The van der Waals surface area contributed by atoms with Gasteiger partial charge in [0.2, 0.25) is 5.91 Å². The zero-order chi connectivity index (χ0) is 9.40. The summed E-state index contributed by atoms with van der Waals surface area (Å²) in [7, 11) is 0. The van der Waals surface area contributed by atoms with E-state index >= 15 is 0 Å². The normalized spacial score (nSPS) is 12.8. The summed E-state index contributed by atoms with van der Waals surface area (Å²) in [6.45, 7) is 2.47. The van der Waals surface area contributed by atoms with Gasteiger partial charge < -0.3 is 10.8 Å². The summed E-state index contributed by atoms with van der Waals surface area (Å²) < 4.78 is 0. The topological polar surface area (TPSA) is 75.3 Å². The van der Waals surface area contributed by atoms with Gasteiger partial charge in [-0.2, -0.15) is 0 Å². The average molecular weight is 174 g/mol. The van der Waals surface area contributed by atoms with E-state index in [9.17, 15) is 4.79 Å². The van der Waals surface area contributed by atoms with E-state index < -0.39 is 6.23 Å². The molecule has 72 valence electrons. The fourth-order valence-electron chi connectivity index (χ4n) is 0.912. The maximum Gasteiger partial charge on any atom is 0.217 e. The standard InChI is InChI=1S/C8H18N2O2/c1-7(11)10-6-4-2-3-5-8(9)12/h7,10-11H,2-6H2,1H3,(H2,9,12)/t7-/m0/s1. The fraction of sp³-hybridized carbons (Fsp3) is 0.875. The quantitative estimate of drug-likeness (QED) is 0.374. The first-order valence-electron chi connectivity index (χ1n) is 4.32. The second kappa shape index (κ2) is 7.06. The predicted octanol–water partition coefficient (Wildman–Crippen LogP) is -0.0400. The molecule has 0 heterocycles. The molecule has 4 heteroatoms. The summed E-state index contributed by atoms with van der Waals surface area (Å²) in [5.74, 6) is -0.238. The third-order valence-corrected chi connectivity index (χ3v) is 1.54. The monoisotopic (exact) mass is 174 g/mol. The summed E-state index contributed by atoms with van der Waals surface area (Å²) in [5.41, 5.74) is 4.96. The molecule has 1 amide bonds. The summed E-state index contributed by atoms with van der Waals surface area (Å²) in [5, 5.41) is 11.7. The van der Waals surface area contributed by atoms with Crippen LogP contribution in [0.5, 0.6) is 0 Å². The number of aliphatic hydroxyl groups excluding tert-OH is 1. The van der Waals surface area contributed by atoms with Crippen molar-refractivity contribution in [2.24, 2.45) is 5.73 Å². The fourth-order valence-corrected chi connectivity index (χ4v) is 0.912. The highest BCUT2D eigenvalue weighted by Gasteiger charge is 1.95. The lowest BCUT2D eigenvalue weighted by molar-refractivity contribution is -0.118. The Kier molecular flexibility index (Phi) is 6.70. The SMILES string of the molecule is C[C@H](O)NCCCCCC(N)=O. The van der Waals surface area contributed by atoms with E-state index in [2.05, 4.69) is 5.32 Å². The molecule has 0 aromatic heterocycles. The van der Waals surface area contributed by atoms with E-state index in [1.54, 1.807) is 6.92 Å². The second-order valence-electron chi connectivity index (χ2n) is 2.91. The predicted molar refractivity (Wildman–Crippen MR) is 47.3 cm³/mol. The Bertz CT molecular complexity index is 126. The van der Waals surface area contributed by atoms with Gasteiger partial charge in [0, 0.05) is 6.42 Å². The first-order valence-corrected chi connectivity index (χ1v) is 4.32. The number of unbranched alkanes of at least 4 members (excludes halogenated alkanes) is 2. The molecule has 0 fully saturated rings. The van der Waals surface area contributed by atoms with Crippen LogP contribution >= 0.6 is 0 Å². The third-order valence-electron chi connectivity index (χ3n) is 1.54. The van der Waals surface area contributed by atoms with E-state index in [1.165, 1.54) is 0 Å². The number of rotatable bonds is 7. The van der Waals surface area contributed by atoms with E-state index in [-0.39, 0.29) is 5.91 Å². The van der Waals surface area contributed by atoms with Crippen molar-refractivity contribution in [1.82, 2.24) is 5.32 Å². The molecule has 1 atom stereocenters. The maximum atomic E-state index is 10.3. The Balaban J connectivity index is 2.96. The molecule has 0 aliphatic carbocycles. The van der Waals surface area contributed by atoms with Gasteiger partial charge in [0.25, 0.3) is 0 Å². The summed E-state index contributed by atoms with van der Waals surface area (Å²) in [6, 6.07) is 0. The first-order chi connectivity index (χ1) is 5.63. The van der Waals surface area contributed by atoms with Crippen LogP contribution in [0.4, 0.5) is 0 Å². The van der Waals surface area contributed by atoms with Crippen LogP contribution in [-0.2, 0) is 4.79 Å². The lowest BCUT2D eigenvalue weighted by Crippen LogP contribution is -2.26. The Labute approximate surface area is 73.1 Å². The molecule has 0 aliphatic rings. The van der Waals surface area contributed by atoms with Crippen LogP contribution in [0.15, 0.2) is 0 Å². The van der Waals surface area contributed by atoms with Crippen molar-refractivity contribution in [2.45, 2.75) is 38.8 Å². The van der Waals surface area contributed by atoms with Crippen LogP contribution in [0, 0.1) is 0 Å². The number of aliphatic hydroxyl groups is 1. The van der Waals surface area contributed by atoms with Gasteiger partial charge in [-0.15, -0.1) is 0 Å². The Morgan fingerprint density at radius 3 is 2.67 bits per heavy atom. The molecule has 0 aromatic rings. The molecule has 0 saturated carbocycles. The summed E-state index contributed by atoms with van der Waals surface area (Å²) >= 11 is 0. The Morgan fingerprint density at radius 2 is 2.17 bits per heavy atom. The van der Waals surface area contributed by atoms with Crippen LogP contribution < -0.4 is 11.1 Å². The number of carbonyl (C=O) groups excluding carboxylic acids is 1. The summed E-state index contributed by atoms with van der Waals surface area (Å²) in [4.78, 5) is 10.3. The van der Waals surface area contributed by atoms with E-state index in [0.717, 1.165) is 25.8 Å². The minimum absolute atomic E-state index is 0.238. The number of primary amides is 1. The lowest BCUT2D eigenvalue weighted by atomic mass is 10.2. The lowest BCUT2D eigenvalue weighted by Gasteiger charge is -2.05. The van der Waals surface area contributed by atoms with Crippen LogP contribution in [0.3, 0.4) is 0 Å². The Hall–Kier alpha value is -0.610. The highest BCUT2D eigenvalue weighted by atomic mass is 16.3. The van der Waals surface area contributed by atoms with Gasteiger partial charge in [0.15, 0.2) is 0 Å². The van der Waals surface area contributed by atoms with E-state index in [0.29, 0.717) is 6.42 Å². The van der Waals surface area contributed by atoms with Crippen molar-refractivity contribution in [2.75, 3.05) is 6.54 Å². The van der Waals surface area contributed by atoms with Crippen molar-refractivity contribution in [3.63, 3.8) is 0 Å². The maximum absolute atomic E-state index is 10.3. The minimum atomic E-state index is -0.443. The van der Waals surface area contributed by atoms with Crippen LogP contribution in [-0.4, -0.2) is 23.8 Å². The van der Waals surface area contributed by atoms with Crippen molar-refractivity contribution in [1.29, 1.82) is 0 Å². The third kappa shape index (κ3) is 9.39. The van der Waals surface area contributed by atoms with Crippen molar-refractivity contribution in [3.05, 3.63) is 0 Å². The van der Waals surface area contributed by atoms with Crippen LogP contribution in [0.2, 0.25) is 0 Å². The molecular weight excluding hydrogens is 156 g/mol. The average Bonchev–Trinajstić information content (AvgIpc) is 1.95. The number of nitrogens with two attached hydrogens (primary N) is 1. The molecular formula is C8H18N2O2. The van der Waals surface area contributed by atoms with Crippen molar-refractivity contribution in [3.8, 4) is 0 Å². The molecule has 0 rings (SSSR count). The second-order valence-corrected chi connectivity index (χ2v) is 2.91. The molecule has 0 radical (unpaired) electrons. The van der Waals surface area contributed by atoms with Gasteiger partial charge in [-0.05, 0) is 26.3 Å². The number of nitrogens with one attached hydrogen (secondary N) is 1. The first kappa shape index (κ1) is 11.4. The van der Waals surface area contributed by atoms with Crippen LogP contribution in [0.1, 0.15) is 32.6 Å². The number of carbonyl (C=O) groups is 1. The highest BCUT2D eigenvalue weighted by Crippen LogP contribution is 1.97. The highest BCUT2D eigenvalue weighted by molar-refractivity contribution is 5.73. The molecule has 0 spiro atoms. The van der Waals surface area contributed by atoms with Crippen LogP contribution in [0.25, 0.3) is 0 Å². The molecule has 0 aromatic carbocycles. The largest absolute Gasteiger partial charge is 0.379 e. The van der Waals surface area contributed by atoms with Crippen molar-refractivity contribution >= 4 is 5.91 Å². The van der Waals surface area contributed by atoms with Gasteiger partial charge >= 0.3 is 0 Å². The van der Waals surface area contributed by atoms with Gasteiger partial charge in [0.1, 0.15) is 6.23 Å². The Morgan fingerprint density at radius 1 is 1.50 bits per heavy atom. The minimum Gasteiger partial charge on any atom is -0.379 e. The summed E-state index contributed by atoms with van der Waals surface area (Å²) in [6.07, 6.45) is 2.81.